The van der Waals surface area contributed by atoms with Crippen LogP contribution in [0.5, 0.6) is 0 Å². The van der Waals surface area contributed by atoms with Crippen molar-refractivity contribution >= 4 is 26.1 Å². The topological polar surface area (TPSA) is 144 Å². The Morgan fingerprint density at radius 2 is 0.962 bits per heavy atom. The second-order valence-corrected chi connectivity index (χ2v) is 9.14. The fourth-order valence-electron chi connectivity index (χ4n) is 1.95. The molecule has 2 aromatic rings. The Balaban J connectivity index is 2.34. The molecule has 0 unspecified atom stereocenters. The second-order valence-electron chi connectivity index (χ2n) is 5.51. The predicted octanol–water partition coefficient (Wildman–Crippen LogP) is 0.852. The van der Waals surface area contributed by atoms with E-state index in [1.54, 1.807) is 13.8 Å². The monoisotopic (exact) mass is 398 g/mol. The van der Waals surface area contributed by atoms with Gasteiger partial charge in [-0.15, -0.1) is 8.83 Å². The lowest BCUT2D eigenvalue weighted by Gasteiger charge is -2.23. The highest BCUT2D eigenvalue weighted by molar-refractivity contribution is 7.91. The Morgan fingerprint density at radius 1 is 0.692 bits per heavy atom. The maximum atomic E-state index is 12.4. The molecule has 0 aliphatic carbocycles. The minimum atomic E-state index is -4.47. The third-order valence-electron chi connectivity index (χ3n) is 3.53. The van der Waals surface area contributed by atoms with Crippen LogP contribution in [-0.2, 0) is 20.0 Å². The van der Waals surface area contributed by atoms with Crippen LogP contribution in [0, 0.1) is 13.8 Å². The lowest BCUT2D eigenvalue weighted by Crippen LogP contribution is -2.54. The van der Waals surface area contributed by atoms with Gasteiger partial charge in [0.15, 0.2) is 0 Å². The molecule has 0 aromatic heterocycles. The first-order chi connectivity index (χ1) is 12.0. The van der Waals surface area contributed by atoms with E-state index in [0.29, 0.717) is 0 Å². The van der Waals surface area contributed by atoms with Crippen molar-refractivity contribution in [1.82, 2.24) is 8.83 Å². The average molecular weight is 398 g/mol. The highest BCUT2D eigenvalue weighted by atomic mass is 32.2. The zero-order valence-corrected chi connectivity index (χ0v) is 15.7. The van der Waals surface area contributed by atoms with E-state index in [2.05, 4.69) is 0 Å². The Bertz CT molecular complexity index is 933. The van der Waals surface area contributed by atoms with Crippen molar-refractivity contribution in [2.75, 3.05) is 0 Å². The molecule has 0 bridgehead atoms. The highest BCUT2D eigenvalue weighted by Gasteiger charge is 2.35. The van der Waals surface area contributed by atoms with E-state index < -0.39 is 26.1 Å². The number of carbonyl (C=O) groups excluding carboxylic acids is 1. The van der Waals surface area contributed by atoms with Gasteiger partial charge in [-0.3, -0.25) is 0 Å². The van der Waals surface area contributed by atoms with Gasteiger partial charge in [-0.2, -0.15) is 16.8 Å². The molecule has 0 radical (unpaired) electrons. The second kappa shape index (κ2) is 7.03. The van der Waals surface area contributed by atoms with Crippen LogP contribution < -0.4 is 11.7 Å². The number of aryl methyl sites for hydroxylation is 2. The van der Waals surface area contributed by atoms with Gasteiger partial charge in [-0.1, -0.05) is 35.4 Å². The third kappa shape index (κ3) is 3.70. The normalized spacial score (nSPS) is 11.8. The zero-order chi connectivity index (χ0) is 19.7. The molecule has 2 aromatic carbocycles. The number of hydrazine groups is 2. The lowest BCUT2D eigenvalue weighted by molar-refractivity contribution is 0.204. The number of hydrogen-bond acceptors (Lipinski definition) is 7. The highest BCUT2D eigenvalue weighted by Crippen LogP contribution is 2.18. The van der Waals surface area contributed by atoms with Crippen molar-refractivity contribution in [3.05, 3.63) is 59.7 Å². The van der Waals surface area contributed by atoms with Crippen LogP contribution in [0.1, 0.15) is 11.1 Å². The molecule has 2 amide bonds. The zero-order valence-electron chi connectivity index (χ0n) is 14.0. The van der Waals surface area contributed by atoms with Crippen LogP contribution in [0.4, 0.5) is 4.79 Å². The fraction of sp³-hybridized carbons (Fsp3) is 0.133. The van der Waals surface area contributed by atoms with Gasteiger partial charge >= 0.3 is 6.03 Å². The number of benzene rings is 2. The minimum Gasteiger partial charge on any atom is -0.243 e. The van der Waals surface area contributed by atoms with E-state index >= 15 is 0 Å². The van der Waals surface area contributed by atoms with Crippen molar-refractivity contribution in [3.8, 4) is 0 Å². The summed E-state index contributed by atoms with van der Waals surface area (Å²) in [5.41, 5.74) is 1.59. The van der Waals surface area contributed by atoms with Crippen molar-refractivity contribution in [3.63, 3.8) is 0 Å². The first-order valence-corrected chi connectivity index (χ1v) is 10.1. The summed E-state index contributed by atoms with van der Waals surface area (Å²) < 4.78 is 49.2. The summed E-state index contributed by atoms with van der Waals surface area (Å²) in [7, 11) is -8.95. The fourth-order valence-corrected chi connectivity index (χ4v) is 4.00. The Hall–Kier alpha value is -2.47. The van der Waals surface area contributed by atoms with E-state index in [4.69, 9.17) is 11.7 Å². The molecule has 0 saturated heterocycles. The third-order valence-corrected chi connectivity index (χ3v) is 6.62. The van der Waals surface area contributed by atoms with Crippen LogP contribution in [-0.4, -0.2) is 31.7 Å². The van der Waals surface area contributed by atoms with Crippen molar-refractivity contribution < 1.29 is 21.6 Å². The molecule has 0 aliphatic rings. The average Bonchev–Trinajstić information content (AvgIpc) is 2.60. The number of nitrogens with zero attached hydrogens (tertiary/aromatic N) is 2. The van der Waals surface area contributed by atoms with Gasteiger partial charge in [0.1, 0.15) is 0 Å². The number of sulfonamides is 2. The maximum absolute atomic E-state index is 12.4. The smallest absolute Gasteiger partial charge is 0.243 e. The van der Waals surface area contributed by atoms with Gasteiger partial charge in [0.05, 0.1) is 9.79 Å². The number of nitrogens with two attached hydrogens (primary N) is 2. The molecule has 4 N–H and O–H groups in total. The summed E-state index contributed by atoms with van der Waals surface area (Å²) in [6.07, 6.45) is 0. The van der Waals surface area contributed by atoms with E-state index in [9.17, 15) is 21.6 Å². The number of carbonyl (C=O) groups is 1. The van der Waals surface area contributed by atoms with E-state index in [1.807, 2.05) is 0 Å². The number of amides is 2. The molecule has 140 valence electrons. The molecule has 0 fully saturated rings. The maximum Gasteiger partial charge on any atom is 0.377 e. The van der Waals surface area contributed by atoms with Gasteiger partial charge in [-0.05, 0) is 38.1 Å². The van der Waals surface area contributed by atoms with Crippen LogP contribution in [0.3, 0.4) is 0 Å². The van der Waals surface area contributed by atoms with Gasteiger partial charge in [0, 0.05) is 0 Å². The first-order valence-electron chi connectivity index (χ1n) is 7.25. The Kier molecular flexibility index (Phi) is 5.37. The molecule has 0 spiro atoms. The van der Waals surface area contributed by atoms with Crippen molar-refractivity contribution in [2.45, 2.75) is 23.6 Å². The van der Waals surface area contributed by atoms with Crippen molar-refractivity contribution in [2.24, 2.45) is 11.7 Å². The molecule has 11 heteroatoms. The van der Waals surface area contributed by atoms with Crippen LogP contribution in [0.2, 0.25) is 0 Å². The summed E-state index contributed by atoms with van der Waals surface area (Å²) in [5, 5.41) is 0. The summed E-state index contributed by atoms with van der Waals surface area (Å²) in [6.45, 7) is 3.50. The quantitative estimate of drug-likeness (QED) is 0.441. The molecule has 2 rings (SSSR count). The molecule has 0 saturated carbocycles. The van der Waals surface area contributed by atoms with E-state index in [-0.39, 0.29) is 18.6 Å². The van der Waals surface area contributed by atoms with Crippen LogP contribution in [0.15, 0.2) is 58.3 Å². The summed E-state index contributed by atoms with van der Waals surface area (Å²) >= 11 is 0. The van der Waals surface area contributed by atoms with E-state index in [1.165, 1.54) is 48.5 Å². The molecular formula is C15H18N4O5S2. The predicted molar refractivity (Wildman–Crippen MR) is 94.2 cm³/mol. The molecule has 0 atom stereocenters. The van der Waals surface area contributed by atoms with E-state index in [0.717, 1.165) is 11.1 Å². The lowest BCUT2D eigenvalue weighted by atomic mass is 10.2. The summed E-state index contributed by atoms with van der Waals surface area (Å²) in [5.74, 6) is 10.7. The number of rotatable bonds is 4. The van der Waals surface area contributed by atoms with Crippen LogP contribution >= 0.6 is 0 Å². The molecule has 9 nitrogen and oxygen atoms in total. The van der Waals surface area contributed by atoms with Crippen LogP contribution in [0.25, 0.3) is 0 Å². The number of urea groups is 1. The Labute approximate surface area is 151 Å². The van der Waals surface area contributed by atoms with Gasteiger partial charge in [0.25, 0.3) is 20.0 Å². The molecular weight excluding hydrogens is 380 g/mol. The molecule has 26 heavy (non-hydrogen) atoms. The van der Waals surface area contributed by atoms with Crippen molar-refractivity contribution in [1.29, 1.82) is 0 Å². The van der Waals surface area contributed by atoms with Gasteiger partial charge < -0.3 is 0 Å². The first kappa shape index (κ1) is 19.8. The SMILES string of the molecule is Cc1ccc(S(=O)(=O)N(N)C(=O)N(N)S(=O)(=O)c2ccc(C)cc2)cc1. The largest absolute Gasteiger partial charge is 0.377 e. The molecule has 0 heterocycles. The minimum absolute atomic E-state index is 0.205. The summed E-state index contributed by atoms with van der Waals surface area (Å²) in [4.78, 5) is 11.7. The van der Waals surface area contributed by atoms with Gasteiger partial charge in [0.2, 0.25) is 0 Å². The number of hydrogen-bond donors (Lipinski definition) is 2. The molecule has 0 aliphatic heterocycles. The Morgan fingerprint density at radius 3 is 1.23 bits per heavy atom. The summed E-state index contributed by atoms with van der Waals surface area (Å²) in [6, 6.07) is 9.39. The van der Waals surface area contributed by atoms with Gasteiger partial charge in [-0.25, -0.2) is 16.5 Å². The standard InChI is InChI=1S/C15H18N4O5S2/c1-11-3-7-13(8-4-11)25(21,22)18(16)15(20)19(17)26(23,24)14-9-5-12(2)6-10-14/h3-10H,16-17H2,1-2H3.